The normalized spacial score (nSPS) is 20.3. The molecule has 7 nitrogen and oxygen atoms in total. The molecule has 28 heavy (non-hydrogen) atoms. The minimum Gasteiger partial charge on any atom is -0.449 e. The average Bonchev–Trinajstić information content (AvgIpc) is 3.08. The Kier molecular flexibility index (Phi) is 4.96. The van der Waals surface area contributed by atoms with E-state index in [0.717, 1.165) is 62.1 Å². The quantitative estimate of drug-likeness (QED) is 0.666. The molecule has 0 aliphatic carbocycles. The van der Waals surface area contributed by atoms with Gasteiger partial charge in [0.2, 0.25) is 5.58 Å². The lowest BCUT2D eigenvalue weighted by Gasteiger charge is -2.39. The molecule has 8 heteroatoms. The van der Waals surface area contributed by atoms with E-state index in [1.165, 1.54) is 0 Å². The van der Waals surface area contributed by atoms with Gasteiger partial charge in [-0.25, -0.2) is 4.98 Å². The van der Waals surface area contributed by atoms with Crippen molar-refractivity contribution in [2.24, 2.45) is 0 Å². The summed E-state index contributed by atoms with van der Waals surface area (Å²) in [5.41, 5.74) is 1.40. The molecular formula is C20H23BrN4O3. The molecular weight excluding hydrogens is 424 g/mol. The van der Waals surface area contributed by atoms with E-state index in [0.29, 0.717) is 35.1 Å². The van der Waals surface area contributed by atoms with E-state index in [-0.39, 0.29) is 5.56 Å². The molecule has 1 N–H and O–H groups in total. The number of ether oxygens (including phenoxy) is 1. The lowest BCUT2D eigenvalue weighted by molar-refractivity contribution is 0.0000373. The molecule has 4 heterocycles. The lowest BCUT2D eigenvalue weighted by atomic mass is 10.0. The topological polar surface area (TPSA) is 74.6 Å². The maximum atomic E-state index is 12.5. The third-order valence-electron chi connectivity index (χ3n) is 5.83. The van der Waals surface area contributed by atoms with Gasteiger partial charge in [-0.3, -0.25) is 14.6 Å². The SMILES string of the molecule is O=c1[nH]c(CN2CCC(N3CCOCC3)CC2)nc2c1oc1ccc(Br)cc12. The number of benzene rings is 1. The second-order valence-corrected chi connectivity index (χ2v) is 8.50. The first-order valence-corrected chi connectivity index (χ1v) is 10.6. The number of hydrogen-bond acceptors (Lipinski definition) is 6. The number of rotatable bonds is 3. The Hall–Kier alpha value is -1.74. The number of morpholine rings is 1. The van der Waals surface area contributed by atoms with Gasteiger partial charge in [0.1, 0.15) is 16.9 Å². The number of fused-ring (bicyclic) bond motifs is 3. The van der Waals surface area contributed by atoms with Crippen LogP contribution in [0.1, 0.15) is 18.7 Å². The highest BCUT2D eigenvalue weighted by atomic mass is 79.9. The van der Waals surface area contributed by atoms with Crippen LogP contribution in [-0.4, -0.2) is 65.2 Å². The molecule has 5 rings (SSSR count). The molecule has 0 saturated carbocycles. The van der Waals surface area contributed by atoms with E-state index in [9.17, 15) is 4.79 Å². The summed E-state index contributed by atoms with van der Waals surface area (Å²) in [7, 11) is 0. The largest absolute Gasteiger partial charge is 0.449 e. The van der Waals surface area contributed by atoms with E-state index in [1.54, 1.807) is 0 Å². The minimum absolute atomic E-state index is 0.212. The smallest absolute Gasteiger partial charge is 0.294 e. The van der Waals surface area contributed by atoms with Gasteiger partial charge < -0.3 is 14.1 Å². The number of nitrogens with one attached hydrogen (secondary N) is 1. The summed E-state index contributed by atoms with van der Waals surface area (Å²) in [5, 5.41) is 0.864. The number of aromatic amines is 1. The molecule has 0 unspecified atom stereocenters. The van der Waals surface area contributed by atoms with Crippen LogP contribution in [-0.2, 0) is 11.3 Å². The Labute approximate surface area is 170 Å². The van der Waals surface area contributed by atoms with E-state index in [1.807, 2.05) is 18.2 Å². The van der Waals surface area contributed by atoms with Crippen molar-refractivity contribution in [2.75, 3.05) is 39.4 Å². The number of H-pyrrole nitrogens is 1. The number of hydrogen-bond donors (Lipinski definition) is 1. The third-order valence-corrected chi connectivity index (χ3v) is 6.32. The molecule has 0 radical (unpaired) electrons. The summed E-state index contributed by atoms with van der Waals surface area (Å²) in [6.07, 6.45) is 2.29. The van der Waals surface area contributed by atoms with Crippen molar-refractivity contribution in [2.45, 2.75) is 25.4 Å². The summed E-state index contributed by atoms with van der Waals surface area (Å²) in [4.78, 5) is 25.1. The summed E-state index contributed by atoms with van der Waals surface area (Å²) in [5.74, 6) is 0.699. The van der Waals surface area contributed by atoms with Crippen LogP contribution in [0.5, 0.6) is 0 Å². The van der Waals surface area contributed by atoms with Crippen molar-refractivity contribution < 1.29 is 9.15 Å². The fourth-order valence-electron chi connectivity index (χ4n) is 4.34. The van der Waals surface area contributed by atoms with Crippen LogP contribution in [0.15, 0.2) is 31.9 Å². The van der Waals surface area contributed by atoms with Gasteiger partial charge >= 0.3 is 0 Å². The first-order valence-electron chi connectivity index (χ1n) is 9.82. The molecule has 148 valence electrons. The average molecular weight is 447 g/mol. The van der Waals surface area contributed by atoms with Gasteiger partial charge in [0.05, 0.1) is 19.8 Å². The monoisotopic (exact) mass is 446 g/mol. The molecule has 0 amide bonds. The van der Waals surface area contributed by atoms with Gasteiger partial charge in [0.25, 0.3) is 5.56 Å². The number of aromatic nitrogens is 2. The molecule has 2 fully saturated rings. The van der Waals surface area contributed by atoms with Crippen molar-refractivity contribution in [3.05, 3.63) is 38.9 Å². The van der Waals surface area contributed by atoms with E-state index in [4.69, 9.17) is 14.1 Å². The Morgan fingerprint density at radius 1 is 1.18 bits per heavy atom. The number of halogens is 1. The van der Waals surface area contributed by atoms with Crippen LogP contribution in [0.2, 0.25) is 0 Å². The van der Waals surface area contributed by atoms with Crippen molar-refractivity contribution in [3.8, 4) is 0 Å². The molecule has 2 aliphatic rings. The highest BCUT2D eigenvalue weighted by molar-refractivity contribution is 9.10. The molecule has 0 spiro atoms. The maximum absolute atomic E-state index is 12.5. The van der Waals surface area contributed by atoms with Crippen LogP contribution in [0.3, 0.4) is 0 Å². The fourth-order valence-corrected chi connectivity index (χ4v) is 4.71. The van der Waals surface area contributed by atoms with Crippen LogP contribution < -0.4 is 5.56 Å². The summed E-state index contributed by atoms with van der Waals surface area (Å²) in [6.45, 7) is 6.46. The zero-order valence-corrected chi connectivity index (χ0v) is 17.2. The van der Waals surface area contributed by atoms with E-state index < -0.39 is 0 Å². The Morgan fingerprint density at radius 2 is 1.96 bits per heavy atom. The maximum Gasteiger partial charge on any atom is 0.294 e. The molecule has 2 aliphatic heterocycles. The predicted octanol–water partition coefficient (Wildman–Crippen LogP) is 2.73. The number of likely N-dealkylation sites (tertiary alicyclic amines) is 1. The molecule has 0 bridgehead atoms. The van der Waals surface area contributed by atoms with Gasteiger partial charge in [-0.1, -0.05) is 15.9 Å². The summed E-state index contributed by atoms with van der Waals surface area (Å²) in [6, 6.07) is 6.35. The predicted molar refractivity (Wildman–Crippen MR) is 111 cm³/mol. The molecule has 2 saturated heterocycles. The highest BCUT2D eigenvalue weighted by Crippen LogP contribution is 2.28. The van der Waals surface area contributed by atoms with Crippen molar-refractivity contribution >= 4 is 38.0 Å². The second-order valence-electron chi connectivity index (χ2n) is 7.59. The standard InChI is InChI=1S/C20H23BrN4O3/c21-13-1-2-16-15(11-13)18-19(28-16)20(26)23-17(22-18)12-24-5-3-14(4-6-24)25-7-9-27-10-8-25/h1-2,11,14H,3-10,12H2,(H,22,23,26). The molecule has 1 aromatic carbocycles. The Bertz CT molecular complexity index is 1050. The van der Waals surface area contributed by atoms with Crippen molar-refractivity contribution in [3.63, 3.8) is 0 Å². The number of furan rings is 1. The van der Waals surface area contributed by atoms with Crippen LogP contribution in [0, 0.1) is 0 Å². The van der Waals surface area contributed by atoms with Crippen molar-refractivity contribution in [1.29, 1.82) is 0 Å². The lowest BCUT2D eigenvalue weighted by Crippen LogP contribution is -2.48. The molecule has 3 aromatic rings. The summed E-state index contributed by atoms with van der Waals surface area (Å²) < 4.78 is 12.1. The van der Waals surface area contributed by atoms with Gasteiger partial charge in [0.15, 0.2) is 0 Å². The molecule has 0 atom stereocenters. The van der Waals surface area contributed by atoms with Crippen LogP contribution in [0.25, 0.3) is 22.1 Å². The Balaban J connectivity index is 1.33. The van der Waals surface area contributed by atoms with E-state index in [2.05, 4.69) is 30.7 Å². The number of nitrogens with zero attached hydrogens (tertiary/aromatic N) is 3. The van der Waals surface area contributed by atoms with Gasteiger partial charge in [0, 0.05) is 42.1 Å². The summed E-state index contributed by atoms with van der Waals surface area (Å²) >= 11 is 3.48. The zero-order valence-electron chi connectivity index (χ0n) is 15.6. The Morgan fingerprint density at radius 3 is 2.75 bits per heavy atom. The van der Waals surface area contributed by atoms with Crippen molar-refractivity contribution in [1.82, 2.24) is 19.8 Å². The minimum atomic E-state index is -0.212. The molecule has 2 aromatic heterocycles. The highest BCUT2D eigenvalue weighted by Gasteiger charge is 2.26. The number of piperidine rings is 1. The van der Waals surface area contributed by atoms with Gasteiger partial charge in [-0.15, -0.1) is 0 Å². The van der Waals surface area contributed by atoms with E-state index >= 15 is 0 Å². The van der Waals surface area contributed by atoms with Gasteiger partial charge in [-0.05, 0) is 31.0 Å². The first-order chi connectivity index (χ1) is 13.7. The van der Waals surface area contributed by atoms with Crippen LogP contribution in [0.4, 0.5) is 0 Å². The van der Waals surface area contributed by atoms with Crippen LogP contribution >= 0.6 is 15.9 Å². The second kappa shape index (κ2) is 7.59. The zero-order chi connectivity index (χ0) is 19.1. The third kappa shape index (κ3) is 3.50. The first kappa shape index (κ1) is 18.3. The fraction of sp³-hybridized carbons (Fsp3) is 0.500. The van der Waals surface area contributed by atoms with Gasteiger partial charge in [-0.2, -0.15) is 0 Å².